The van der Waals surface area contributed by atoms with Gasteiger partial charge in [0.2, 0.25) is 0 Å². The number of aryl methyl sites for hydroxylation is 2. The Balaban J connectivity index is 0.00000280. The number of thiazole rings is 1. The van der Waals surface area contributed by atoms with Crippen LogP contribution in [0.2, 0.25) is 0 Å². The maximum atomic E-state index is 13.8. The number of benzene rings is 4. The Morgan fingerprint density at radius 2 is 1.37 bits per heavy atom. The maximum absolute atomic E-state index is 13.8. The van der Waals surface area contributed by atoms with Crippen LogP contribution >= 0.6 is 23.1 Å². The van der Waals surface area contributed by atoms with Crippen molar-refractivity contribution < 1.29 is 84.8 Å². The van der Waals surface area contributed by atoms with Gasteiger partial charge >= 0.3 is 57.1 Å². The van der Waals surface area contributed by atoms with Crippen molar-refractivity contribution in [2.24, 2.45) is 14.1 Å². The molecule has 54 heavy (non-hydrogen) atoms. The normalized spacial score (nSPS) is 11.9. The second-order valence-electron chi connectivity index (χ2n) is 12.8. The van der Waals surface area contributed by atoms with E-state index in [1.807, 2.05) is 72.7 Å². The van der Waals surface area contributed by atoms with Crippen molar-refractivity contribution in [3.63, 3.8) is 0 Å². The number of fused-ring (bicyclic) bond motifs is 1. The number of ether oxygens (including phenoxy) is 2. The van der Waals surface area contributed by atoms with Crippen LogP contribution in [0.15, 0.2) is 136 Å². The topological polar surface area (TPSA) is 80.3 Å². The Kier molecular flexibility index (Phi) is 14.8. The molecular weight excluding hydrogens is 855 g/mol. The second kappa shape index (κ2) is 18.9. The van der Waals surface area contributed by atoms with E-state index in [1.165, 1.54) is 23.0 Å². The Morgan fingerprint density at radius 3 is 1.87 bits per heavy atom. The van der Waals surface area contributed by atoms with Crippen molar-refractivity contribution >= 4 is 34.0 Å². The van der Waals surface area contributed by atoms with Gasteiger partial charge < -0.3 is 38.0 Å². The average molecular weight is 895 g/mol. The van der Waals surface area contributed by atoms with Crippen LogP contribution in [-0.2, 0) is 36.7 Å². The molecule has 0 bridgehead atoms. The fourth-order valence-electron chi connectivity index (χ4n) is 6.77. The Hall–Kier alpha value is -2.79. The standard InChI is InChI=1S/C42H40N4O4S2.HI.K/c1-29-28-51-39(43-29)38-37-36(44(2)41(48)45(3)40(37)47)25-46(38)24-35(27-50-26-30-20-22-34(49-4)23-21-30)52-42(31-14-8-5-9-15-31,32-16-10-6-11-17-32)33-18-12-7-13-19-33;;/h5-23,25,28,35H,24,26-27H2,1-4H3;1H;/q;;+1/p-1. The summed E-state index contributed by atoms with van der Waals surface area (Å²) < 4.78 is 16.1. The molecule has 0 saturated carbocycles. The predicted octanol–water partition coefficient (Wildman–Crippen LogP) is 1.80. The number of methoxy groups -OCH3 is 1. The Morgan fingerprint density at radius 1 is 0.815 bits per heavy atom. The molecule has 0 aliphatic heterocycles. The average Bonchev–Trinajstić information content (AvgIpc) is 3.79. The molecule has 0 saturated heterocycles. The molecule has 8 nitrogen and oxygen atoms in total. The number of thioether (sulfide) groups is 1. The summed E-state index contributed by atoms with van der Waals surface area (Å²) in [6.45, 7) is 3.23. The molecule has 0 amide bonds. The van der Waals surface area contributed by atoms with Crippen LogP contribution in [0.3, 0.4) is 0 Å². The summed E-state index contributed by atoms with van der Waals surface area (Å²) in [6, 6.07) is 39.7. The van der Waals surface area contributed by atoms with Gasteiger partial charge in [-0.3, -0.25) is 13.9 Å². The molecular formula is C42H40IKN4O4S2. The van der Waals surface area contributed by atoms with Gasteiger partial charge in [0.05, 0.1) is 41.7 Å². The zero-order chi connectivity index (χ0) is 36.2. The third-order valence-corrected chi connectivity index (χ3v) is 12.0. The molecule has 0 aliphatic carbocycles. The van der Waals surface area contributed by atoms with Gasteiger partial charge in [-0.1, -0.05) is 103 Å². The van der Waals surface area contributed by atoms with Gasteiger partial charge in [0.1, 0.15) is 10.8 Å². The maximum Gasteiger partial charge on any atom is 1.00 e. The predicted molar refractivity (Wildman–Crippen MR) is 212 cm³/mol. The molecule has 12 heteroatoms. The van der Waals surface area contributed by atoms with Gasteiger partial charge in [0.15, 0.2) is 0 Å². The van der Waals surface area contributed by atoms with Crippen LogP contribution < -0.4 is 91.3 Å². The van der Waals surface area contributed by atoms with Crippen molar-refractivity contribution in [3.8, 4) is 16.5 Å². The van der Waals surface area contributed by atoms with E-state index in [0.717, 1.165) is 38.7 Å². The van der Waals surface area contributed by atoms with E-state index >= 15 is 0 Å². The molecule has 1 unspecified atom stereocenters. The fraction of sp³-hybridized carbons (Fsp3) is 0.214. The number of hydrogen-bond acceptors (Lipinski definition) is 7. The first-order valence-electron chi connectivity index (χ1n) is 17.1. The molecule has 4 aromatic carbocycles. The van der Waals surface area contributed by atoms with Crippen LogP contribution in [0.4, 0.5) is 0 Å². The monoisotopic (exact) mass is 894 g/mol. The van der Waals surface area contributed by atoms with Gasteiger partial charge in [-0.25, -0.2) is 9.78 Å². The van der Waals surface area contributed by atoms with Crippen LogP contribution in [0.1, 0.15) is 27.9 Å². The summed E-state index contributed by atoms with van der Waals surface area (Å²) in [6.07, 6.45) is 1.93. The number of rotatable bonds is 13. The van der Waals surface area contributed by atoms with Gasteiger partial charge in [-0.05, 0) is 41.3 Å². The first-order valence-corrected chi connectivity index (χ1v) is 18.8. The van der Waals surface area contributed by atoms with Crippen LogP contribution in [0.25, 0.3) is 21.6 Å². The molecule has 3 aromatic heterocycles. The van der Waals surface area contributed by atoms with Crippen LogP contribution in [0, 0.1) is 6.92 Å². The third-order valence-electron chi connectivity index (χ3n) is 9.35. The van der Waals surface area contributed by atoms with Gasteiger partial charge in [-0.15, -0.1) is 23.1 Å². The molecule has 272 valence electrons. The SMILES string of the molecule is COc1ccc(COCC(Cn2cc3c(c2-c2nc(C)cs2)c(=O)n(C)c(=O)n3C)SC(c2ccccc2)(c2ccccc2)c2ccccc2)cc1.[I-].[K+]. The minimum absolute atomic E-state index is 0. The summed E-state index contributed by atoms with van der Waals surface area (Å²) in [5.74, 6) is 0.792. The Bertz CT molecular complexity index is 2320. The molecule has 0 N–H and O–H groups in total. The fourth-order valence-corrected chi connectivity index (χ4v) is 9.35. The molecule has 7 aromatic rings. The molecule has 0 fully saturated rings. The first-order chi connectivity index (χ1) is 25.3. The summed E-state index contributed by atoms with van der Waals surface area (Å²) >= 11 is 3.33. The van der Waals surface area contributed by atoms with Gasteiger partial charge in [-0.2, -0.15) is 0 Å². The van der Waals surface area contributed by atoms with Crippen molar-refractivity contribution in [2.45, 2.75) is 30.1 Å². The molecule has 0 radical (unpaired) electrons. The zero-order valence-corrected chi connectivity index (χ0v) is 37.9. The van der Waals surface area contributed by atoms with Gasteiger partial charge in [0, 0.05) is 43.2 Å². The molecule has 3 heterocycles. The van der Waals surface area contributed by atoms with E-state index in [2.05, 4.69) is 77.4 Å². The minimum Gasteiger partial charge on any atom is -1.00 e. The first kappa shape index (κ1) is 42.4. The van der Waals surface area contributed by atoms with E-state index in [4.69, 9.17) is 14.5 Å². The van der Waals surface area contributed by atoms with Crippen LogP contribution in [0.5, 0.6) is 5.75 Å². The minimum atomic E-state index is -0.620. The van der Waals surface area contributed by atoms with E-state index in [1.54, 1.807) is 18.7 Å². The number of hydrogen-bond donors (Lipinski definition) is 0. The second-order valence-corrected chi connectivity index (χ2v) is 15.1. The smallest absolute Gasteiger partial charge is 1.00 e. The number of aromatic nitrogens is 4. The van der Waals surface area contributed by atoms with E-state index in [0.29, 0.717) is 36.4 Å². The quantitative estimate of drug-likeness (QED) is 0.100. The largest absolute Gasteiger partial charge is 1.00 e. The summed E-state index contributed by atoms with van der Waals surface area (Å²) in [7, 11) is 4.89. The van der Waals surface area contributed by atoms with E-state index in [9.17, 15) is 9.59 Å². The van der Waals surface area contributed by atoms with Crippen molar-refractivity contribution in [2.75, 3.05) is 13.7 Å². The van der Waals surface area contributed by atoms with Crippen molar-refractivity contribution in [1.29, 1.82) is 0 Å². The van der Waals surface area contributed by atoms with Crippen molar-refractivity contribution in [1.82, 2.24) is 18.7 Å². The molecule has 0 spiro atoms. The molecule has 0 aliphatic rings. The van der Waals surface area contributed by atoms with E-state index < -0.39 is 4.75 Å². The Labute approximate surface area is 383 Å². The number of nitrogens with zero attached hydrogens (tertiary/aromatic N) is 4. The summed E-state index contributed by atoms with van der Waals surface area (Å²) in [5, 5.41) is 3.04. The summed E-state index contributed by atoms with van der Waals surface area (Å²) in [5.41, 5.74) is 5.89. The molecule has 1 atom stereocenters. The number of halogens is 1. The van der Waals surface area contributed by atoms with Gasteiger partial charge in [0.25, 0.3) is 5.56 Å². The molecule has 7 rings (SSSR count). The van der Waals surface area contributed by atoms with Crippen LogP contribution in [-0.4, -0.2) is 37.7 Å². The zero-order valence-electron chi connectivity index (χ0n) is 30.9. The van der Waals surface area contributed by atoms with Crippen molar-refractivity contribution in [3.05, 3.63) is 176 Å². The third kappa shape index (κ3) is 8.62. The van der Waals surface area contributed by atoms with E-state index in [-0.39, 0.29) is 91.9 Å². The summed E-state index contributed by atoms with van der Waals surface area (Å²) in [4.78, 5) is 31.8.